The molecule has 6 heteroatoms. The number of primary sulfonamides is 1. The van der Waals surface area contributed by atoms with Gasteiger partial charge in [-0.1, -0.05) is 48.5 Å². The summed E-state index contributed by atoms with van der Waals surface area (Å²) in [5.74, 6) is 0.721. The molecule has 3 aromatic carbocycles. The molecular weight excluding hydrogens is 360 g/mol. The third-order valence-electron chi connectivity index (χ3n) is 4.32. The maximum Gasteiger partial charge on any atom is 0.238 e. The average molecular weight is 378 g/mol. The maximum atomic E-state index is 11.8. The van der Waals surface area contributed by atoms with Crippen LogP contribution >= 0.6 is 0 Å². The van der Waals surface area contributed by atoms with Crippen LogP contribution in [0, 0.1) is 0 Å². The van der Waals surface area contributed by atoms with E-state index in [1.54, 1.807) is 12.1 Å². The Morgan fingerprint density at radius 1 is 0.889 bits per heavy atom. The number of ether oxygens (including phenoxy) is 1. The third-order valence-corrected chi connectivity index (χ3v) is 5.23. The minimum atomic E-state index is -3.80. The molecule has 1 aliphatic rings. The van der Waals surface area contributed by atoms with Gasteiger partial charge < -0.3 is 9.64 Å². The lowest BCUT2D eigenvalue weighted by Crippen LogP contribution is -2.36. The van der Waals surface area contributed by atoms with Crippen molar-refractivity contribution in [1.82, 2.24) is 0 Å². The first-order valence-corrected chi connectivity index (χ1v) is 9.98. The van der Waals surface area contributed by atoms with Crippen LogP contribution in [-0.4, -0.2) is 14.6 Å². The van der Waals surface area contributed by atoms with Crippen LogP contribution < -0.4 is 14.8 Å². The van der Waals surface area contributed by atoms with Crippen LogP contribution in [0.5, 0.6) is 5.75 Å². The molecule has 0 bridgehead atoms. The van der Waals surface area contributed by atoms with E-state index in [0.717, 1.165) is 17.0 Å². The average Bonchev–Trinajstić information content (AvgIpc) is 2.68. The van der Waals surface area contributed by atoms with Gasteiger partial charge in [0.1, 0.15) is 5.75 Å². The summed E-state index contributed by atoms with van der Waals surface area (Å²) in [6.45, 7) is 0. The predicted octanol–water partition coefficient (Wildman–Crippen LogP) is 3.90. The topological polar surface area (TPSA) is 72.6 Å². The quantitative estimate of drug-likeness (QED) is 0.747. The second kappa shape index (κ2) is 6.90. The van der Waals surface area contributed by atoms with Gasteiger partial charge in [-0.15, -0.1) is 0 Å². The Hall–Kier alpha value is -3.09. The number of sulfonamides is 1. The van der Waals surface area contributed by atoms with Crippen molar-refractivity contribution >= 4 is 27.5 Å². The Morgan fingerprint density at radius 2 is 1.63 bits per heavy atom. The zero-order chi connectivity index (χ0) is 18.9. The number of hydrogen-bond donors (Lipinski definition) is 1. The number of rotatable bonds is 4. The lowest BCUT2D eigenvalue weighted by Gasteiger charge is -2.35. The van der Waals surface area contributed by atoms with Gasteiger partial charge >= 0.3 is 0 Å². The predicted molar refractivity (Wildman–Crippen MR) is 106 cm³/mol. The molecule has 3 aromatic rings. The fourth-order valence-corrected chi connectivity index (χ4v) is 3.64. The minimum absolute atomic E-state index is 0.0606. The van der Waals surface area contributed by atoms with Crippen LogP contribution in [0.25, 0.3) is 6.08 Å². The van der Waals surface area contributed by atoms with E-state index in [1.165, 1.54) is 6.07 Å². The third kappa shape index (κ3) is 3.58. The molecule has 1 aliphatic heterocycles. The van der Waals surface area contributed by atoms with Crippen molar-refractivity contribution in [2.24, 2.45) is 5.14 Å². The van der Waals surface area contributed by atoms with Crippen molar-refractivity contribution in [1.29, 1.82) is 0 Å². The molecule has 0 saturated carbocycles. The van der Waals surface area contributed by atoms with Gasteiger partial charge in [-0.3, -0.25) is 0 Å². The molecular formula is C21H18N2O3S. The minimum Gasteiger partial charge on any atom is -0.467 e. The smallest absolute Gasteiger partial charge is 0.238 e. The van der Waals surface area contributed by atoms with Crippen LogP contribution in [0.15, 0.2) is 89.8 Å². The number of para-hydroxylation sites is 2. The van der Waals surface area contributed by atoms with Crippen molar-refractivity contribution < 1.29 is 13.2 Å². The van der Waals surface area contributed by atoms with E-state index in [2.05, 4.69) is 0 Å². The van der Waals surface area contributed by atoms with Crippen LogP contribution in [0.1, 0.15) is 5.56 Å². The van der Waals surface area contributed by atoms with Crippen molar-refractivity contribution in [3.8, 4) is 5.75 Å². The van der Waals surface area contributed by atoms with Crippen molar-refractivity contribution in [2.75, 3.05) is 4.90 Å². The molecule has 5 nitrogen and oxygen atoms in total. The van der Waals surface area contributed by atoms with Gasteiger partial charge in [0.25, 0.3) is 0 Å². The van der Waals surface area contributed by atoms with Crippen LogP contribution in [0.3, 0.4) is 0 Å². The van der Waals surface area contributed by atoms with E-state index >= 15 is 0 Å². The Labute approximate surface area is 158 Å². The summed E-state index contributed by atoms with van der Waals surface area (Å²) in [6, 6.07) is 23.9. The molecule has 0 spiro atoms. The molecule has 4 rings (SSSR count). The summed E-state index contributed by atoms with van der Waals surface area (Å²) in [5, 5.41) is 5.32. The van der Waals surface area contributed by atoms with Crippen LogP contribution in [0.4, 0.5) is 11.4 Å². The van der Waals surface area contributed by atoms with Gasteiger partial charge in [0, 0.05) is 5.69 Å². The zero-order valence-corrected chi connectivity index (χ0v) is 15.2. The molecule has 2 N–H and O–H groups in total. The fraction of sp³-hybridized carbons (Fsp3) is 0.0476. The first kappa shape index (κ1) is 17.3. The lowest BCUT2D eigenvalue weighted by molar-refractivity contribution is 0.255. The summed E-state index contributed by atoms with van der Waals surface area (Å²) < 4.78 is 29.8. The van der Waals surface area contributed by atoms with E-state index in [4.69, 9.17) is 9.88 Å². The SMILES string of the molecule is NS(=O)(=O)c1cccc(N2c3ccccc3C=CC2Oc2ccccc2)c1. The monoisotopic (exact) mass is 378 g/mol. The first-order chi connectivity index (χ1) is 13.0. The van der Waals surface area contributed by atoms with Gasteiger partial charge in [-0.2, -0.15) is 0 Å². The first-order valence-electron chi connectivity index (χ1n) is 8.43. The summed E-state index contributed by atoms with van der Waals surface area (Å²) in [5.41, 5.74) is 2.62. The molecule has 0 aromatic heterocycles. The van der Waals surface area contributed by atoms with Gasteiger partial charge in [-0.05, 0) is 48.0 Å². The van der Waals surface area contributed by atoms with Gasteiger partial charge in [0.15, 0.2) is 6.23 Å². The van der Waals surface area contributed by atoms with Gasteiger partial charge in [-0.25, -0.2) is 13.6 Å². The molecule has 1 heterocycles. The summed E-state index contributed by atoms with van der Waals surface area (Å²) in [6.07, 6.45) is 3.51. The highest BCUT2D eigenvalue weighted by Crippen LogP contribution is 2.36. The summed E-state index contributed by atoms with van der Waals surface area (Å²) in [7, 11) is -3.80. The fourth-order valence-electron chi connectivity index (χ4n) is 3.08. The highest BCUT2D eigenvalue weighted by atomic mass is 32.2. The van der Waals surface area contributed by atoms with E-state index < -0.39 is 16.3 Å². The van der Waals surface area contributed by atoms with Gasteiger partial charge in [0.2, 0.25) is 10.0 Å². The highest BCUT2D eigenvalue weighted by molar-refractivity contribution is 7.89. The van der Waals surface area contributed by atoms with Crippen LogP contribution in [-0.2, 0) is 10.0 Å². The normalized spacial score (nSPS) is 16.0. The molecule has 136 valence electrons. The van der Waals surface area contributed by atoms with Crippen molar-refractivity contribution in [3.05, 3.63) is 90.5 Å². The number of nitrogens with two attached hydrogens (primary N) is 1. The number of nitrogens with zero attached hydrogens (tertiary/aromatic N) is 1. The summed E-state index contributed by atoms with van der Waals surface area (Å²) in [4.78, 5) is 2.02. The molecule has 27 heavy (non-hydrogen) atoms. The Kier molecular flexibility index (Phi) is 4.43. The Balaban J connectivity index is 1.81. The standard InChI is InChI=1S/C21H18N2O3S/c22-27(24,25)19-11-6-8-17(15-19)23-20-12-5-4-7-16(20)13-14-21(23)26-18-9-2-1-3-10-18/h1-15,21H,(H2,22,24,25). The number of hydrogen-bond acceptors (Lipinski definition) is 4. The molecule has 0 amide bonds. The Morgan fingerprint density at radius 3 is 2.41 bits per heavy atom. The van der Waals surface area contributed by atoms with E-state index in [-0.39, 0.29) is 4.90 Å². The molecule has 0 radical (unpaired) electrons. The second-order valence-corrected chi connectivity index (χ2v) is 7.71. The largest absolute Gasteiger partial charge is 0.467 e. The molecule has 0 aliphatic carbocycles. The molecule has 1 atom stereocenters. The van der Waals surface area contributed by atoms with Crippen LogP contribution in [0.2, 0.25) is 0 Å². The molecule has 1 unspecified atom stereocenters. The molecule has 0 saturated heterocycles. The molecule has 0 fully saturated rings. The maximum absolute atomic E-state index is 11.8. The highest BCUT2D eigenvalue weighted by Gasteiger charge is 2.26. The number of benzene rings is 3. The lowest BCUT2D eigenvalue weighted by atomic mass is 10.1. The van der Waals surface area contributed by atoms with E-state index in [1.807, 2.05) is 77.7 Å². The second-order valence-electron chi connectivity index (χ2n) is 6.15. The van der Waals surface area contributed by atoms with E-state index in [9.17, 15) is 8.42 Å². The van der Waals surface area contributed by atoms with Crippen molar-refractivity contribution in [3.63, 3.8) is 0 Å². The number of anilines is 2. The number of fused-ring (bicyclic) bond motifs is 1. The van der Waals surface area contributed by atoms with Crippen molar-refractivity contribution in [2.45, 2.75) is 11.1 Å². The zero-order valence-electron chi connectivity index (χ0n) is 14.4. The van der Waals surface area contributed by atoms with Gasteiger partial charge in [0.05, 0.1) is 10.6 Å². The van der Waals surface area contributed by atoms with E-state index in [0.29, 0.717) is 5.69 Å². The Bertz CT molecular complexity index is 1100. The summed E-state index contributed by atoms with van der Waals surface area (Å²) >= 11 is 0.